The number of carbonyl (C=O) groups is 1. The van der Waals surface area contributed by atoms with Crippen molar-refractivity contribution in [3.05, 3.63) is 23.3 Å². The summed E-state index contributed by atoms with van der Waals surface area (Å²) in [7, 11) is 3.57. The van der Waals surface area contributed by atoms with Crippen molar-refractivity contribution in [3.63, 3.8) is 0 Å². The van der Waals surface area contributed by atoms with Gasteiger partial charge in [0.05, 0.1) is 13.0 Å². The van der Waals surface area contributed by atoms with Gasteiger partial charge in [0.2, 0.25) is 0 Å². The summed E-state index contributed by atoms with van der Waals surface area (Å²) in [5.74, 6) is 0.575. The molecule has 1 heterocycles. The molecule has 116 valence electrons. The third-order valence-corrected chi connectivity index (χ3v) is 3.75. The fraction of sp³-hybridized carbons (Fsp3) is 0.562. The summed E-state index contributed by atoms with van der Waals surface area (Å²) in [5, 5.41) is 8.98. The van der Waals surface area contributed by atoms with E-state index in [-0.39, 0.29) is 6.10 Å². The first-order chi connectivity index (χ1) is 9.90. The number of aliphatic carboxylic acids is 1. The van der Waals surface area contributed by atoms with Crippen LogP contribution in [0, 0.1) is 5.92 Å². The lowest BCUT2D eigenvalue weighted by atomic mass is 10.1. The fourth-order valence-corrected chi connectivity index (χ4v) is 2.70. The molecule has 2 unspecified atom stereocenters. The minimum Gasteiger partial charge on any atom is -0.496 e. The number of fused-ring (bicyclic) bond motifs is 1. The van der Waals surface area contributed by atoms with Gasteiger partial charge in [0.1, 0.15) is 17.6 Å². The van der Waals surface area contributed by atoms with Crippen molar-refractivity contribution in [2.75, 3.05) is 20.7 Å². The van der Waals surface area contributed by atoms with Crippen molar-refractivity contribution in [1.29, 1.82) is 0 Å². The number of rotatable bonds is 6. The van der Waals surface area contributed by atoms with Gasteiger partial charge in [-0.05, 0) is 26.1 Å². The monoisotopic (exact) mass is 293 g/mol. The third-order valence-electron chi connectivity index (χ3n) is 3.75. The predicted octanol–water partition coefficient (Wildman–Crippen LogP) is 2.17. The lowest BCUT2D eigenvalue weighted by Crippen LogP contribution is -2.28. The van der Waals surface area contributed by atoms with Crippen molar-refractivity contribution >= 4 is 5.97 Å². The molecule has 0 aromatic heterocycles. The van der Waals surface area contributed by atoms with Crippen molar-refractivity contribution in [2.45, 2.75) is 32.9 Å². The normalized spacial score (nSPS) is 18.2. The van der Waals surface area contributed by atoms with E-state index in [4.69, 9.17) is 14.6 Å². The molecule has 0 saturated heterocycles. The Labute approximate surface area is 125 Å². The number of ether oxygens (including phenoxy) is 2. The smallest absolute Gasteiger partial charge is 0.307 e. The van der Waals surface area contributed by atoms with Gasteiger partial charge in [0.15, 0.2) is 0 Å². The molecule has 0 amide bonds. The maximum absolute atomic E-state index is 10.9. The highest BCUT2D eigenvalue weighted by molar-refractivity contribution is 5.69. The number of benzene rings is 1. The zero-order valence-corrected chi connectivity index (χ0v) is 13.0. The molecule has 0 fully saturated rings. The molecule has 0 bridgehead atoms. The zero-order valence-electron chi connectivity index (χ0n) is 13.0. The van der Waals surface area contributed by atoms with Gasteiger partial charge in [-0.1, -0.05) is 6.92 Å². The second-order valence-corrected chi connectivity index (χ2v) is 5.84. The van der Waals surface area contributed by atoms with Gasteiger partial charge in [-0.25, -0.2) is 0 Å². The van der Waals surface area contributed by atoms with Crippen LogP contribution in [0.3, 0.4) is 0 Å². The summed E-state index contributed by atoms with van der Waals surface area (Å²) in [6.07, 6.45) is 1.10. The third kappa shape index (κ3) is 3.67. The Balaban J connectivity index is 2.12. The largest absolute Gasteiger partial charge is 0.496 e. The van der Waals surface area contributed by atoms with Gasteiger partial charge in [-0.15, -0.1) is 0 Å². The van der Waals surface area contributed by atoms with Crippen LogP contribution in [0.25, 0.3) is 0 Å². The van der Waals surface area contributed by atoms with Gasteiger partial charge in [-0.3, -0.25) is 4.79 Å². The molecule has 1 N–H and O–H groups in total. The minimum atomic E-state index is -0.778. The molecule has 1 aliphatic heterocycles. The SMILES string of the molecule is COc1cc2c(cc1CN(C)CC(C)C(=O)O)OC(C)C2. The van der Waals surface area contributed by atoms with Crippen LogP contribution in [-0.4, -0.2) is 42.8 Å². The average molecular weight is 293 g/mol. The number of nitrogens with zero attached hydrogens (tertiary/aromatic N) is 1. The quantitative estimate of drug-likeness (QED) is 0.871. The Morgan fingerprint density at radius 1 is 1.57 bits per heavy atom. The second-order valence-electron chi connectivity index (χ2n) is 5.84. The van der Waals surface area contributed by atoms with E-state index in [1.807, 2.05) is 31.0 Å². The molecule has 1 aliphatic rings. The van der Waals surface area contributed by atoms with E-state index >= 15 is 0 Å². The van der Waals surface area contributed by atoms with Crippen LogP contribution in [-0.2, 0) is 17.8 Å². The lowest BCUT2D eigenvalue weighted by molar-refractivity contribution is -0.141. The van der Waals surface area contributed by atoms with E-state index in [2.05, 4.69) is 0 Å². The highest BCUT2D eigenvalue weighted by atomic mass is 16.5. The molecule has 1 aromatic rings. The van der Waals surface area contributed by atoms with Crippen LogP contribution in [0.1, 0.15) is 25.0 Å². The number of hydrogen-bond donors (Lipinski definition) is 1. The Hall–Kier alpha value is -1.75. The summed E-state index contributed by atoms with van der Waals surface area (Å²) < 4.78 is 11.2. The second kappa shape index (κ2) is 6.35. The Kier molecular flexibility index (Phi) is 4.73. The van der Waals surface area contributed by atoms with Crippen LogP contribution in [0.15, 0.2) is 12.1 Å². The maximum atomic E-state index is 10.9. The van der Waals surface area contributed by atoms with Crippen LogP contribution < -0.4 is 9.47 Å². The topological polar surface area (TPSA) is 59.0 Å². The molecule has 2 rings (SSSR count). The van der Waals surface area contributed by atoms with Crippen LogP contribution in [0.2, 0.25) is 0 Å². The number of methoxy groups -OCH3 is 1. The molecule has 0 saturated carbocycles. The van der Waals surface area contributed by atoms with E-state index in [0.717, 1.165) is 23.5 Å². The van der Waals surface area contributed by atoms with Crippen molar-refractivity contribution in [1.82, 2.24) is 4.90 Å². The minimum absolute atomic E-state index is 0.199. The van der Waals surface area contributed by atoms with Gasteiger partial charge in [-0.2, -0.15) is 0 Å². The van der Waals surface area contributed by atoms with Crippen LogP contribution >= 0.6 is 0 Å². The molecule has 0 radical (unpaired) electrons. The zero-order chi connectivity index (χ0) is 15.6. The fourth-order valence-electron chi connectivity index (χ4n) is 2.70. The summed E-state index contributed by atoms with van der Waals surface area (Å²) in [6, 6.07) is 4.04. The van der Waals surface area contributed by atoms with E-state index in [9.17, 15) is 4.79 Å². The molecule has 5 nitrogen and oxygen atoms in total. The van der Waals surface area contributed by atoms with Gasteiger partial charge >= 0.3 is 5.97 Å². The van der Waals surface area contributed by atoms with Gasteiger partial charge < -0.3 is 19.5 Å². The summed E-state index contributed by atoms with van der Waals surface area (Å²) in [5.41, 5.74) is 2.19. The van der Waals surface area contributed by atoms with Crippen molar-refractivity contribution < 1.29 is 19.4 Å². The molecule has 0 spiro atoms. The summed E-state index contributed by atoms with van der Waals surface area (Å²) >= 11 is 0. The van der Waals surface area contributed by atoms with E-state index in [1.54, 1.807) is 14.0 Å². The first-order valence-electron chi connectivity index (χ1n) is 7.18. The Morgan fingerprint density at radius 3 is 2.90 bits per heavy atom. The lowest BCUT2D eigenvalue weighted by Gasteiger charge is -2.21. The standard InChI is InChI=1S/C16H23NO4/c1-10(16(18)19)8-17(3)9-13-7-15-12(5-11(2)21-15)6-14(13)20-4/h6-7,10-11H,5,8-9H2,1-4H3,(H,18,19). The average Bonchev–Trinajstić information content (AvgIpc) is 2.76. The Bertz CT molecular complexity index is 529. The highest BCUT2D eigenvalue weighted by Gasteiger charge is 2.22. The number of hydrogen-bond acceptors (Lipinski definition) is 4. The van der Waals surface area contributed by atoms with E-state index in [0.29, 0.717) is 13.1 Å². The first kappa shape index (κ1) is 15.6. The maximum Gasteiger partial charge on any atom is 0.307 e. The highest BCUT2D eigenvalue weighted by Crippen LogP contribution is 2.35. The summed E-state index contributed by atoms with van der Waals surface area (Å²) in [6.45, 7) is 4.88. The first-order valence-corrected chi connectivity index (χ1v) is 7.18. The van der Waals surface area contributed by atoms with Crippen LogP contribution in [0.4, 0.5) is 0 Å². The van der Waals surface area contributed by atoms with E-state index < -0.39 is 11.9 Å². The molecular weight excluding hydrogens is 270 g/mol. The van der Waals surface area contributed by atoms with Crippen LogP contribution in [0.5, 0.6) is 11.5 Å². The summed E-state index contributed by atoms with van der Waals surface area (Å²) in [4.78, 5) is 12.9. The van der Waals surface area contributed by atoms with Gasteiger partial charge in [0, 0.05) is 30.6 Å². The molecule has 5 heteroatoms. The van der Waals surface area contributed by atoms with E-state index in [1.165, 1.54) is 5.56 Å². The molecule has 1 aromatic carbocycles. The molecule has 2 atom stereocenters. The predicted molar refractivity (Wildman–Crippen MR) is 79.9 cm³/mol. The van der Waals surface area contributed by atoms with Crippen molar-refractivity contribution in [2.24, 2.45) is 5.92 Å². The molecular formula is C16H23NO4. The molecule has 21 heavy (non-hydrogen) atoms. The van der Waals surface area contributed by atoms with Crippen molar-refractivity contribution in [3.8, 4) is 11.5 Å². The van der Waals surface area contributed by atoms with Gasteiger partial charge in [0.25, 0.3) is 0 Å². The number of carboxylic acids is 1. The Morgan fingerprint density at radius 2 is 2.29 bits per heavy atom. The number of carboxylic acid groups (broad SMARTS) is 1. The molecule has 0 aliphatic carbocycles.